The molecular formula is C90H57N. The van der Waals surface area contributed by atoms with Crippen molar-refractivity contribution in [3.05, 3.63) is 343 Å². The molecule has 0 N–H and O–H groups in total. The summed E-state index contributed by atoms with van der Waals surface area (Å²) in [5.74, 6) is 0. The Bertz CT molecular complexity index is 5300. The standard InChI is InChI=1S/C90H57N/c1-4-10-58(11-5-1)16-19-61-22-28-64(29-23-61)73-46-34-67-40-52-79-82(55-43-70-37-49-76(73)85(67)88(70)79)91(83-56-44-71-38-50-77-74(47-35-68-41-53-80(83)89(71)86(68)77)65-30-24-62(25-31-65)20-17-59-12-6-2-7-13-59)84-57-45-72-39-51-78-75(48-36-69-42-54-81(84)90(72)87(69)78)66-32-26-63(27-33-66)21-18-60-14-8-3-9-15-60/h1-57H. The molecule has 0 aliphatic carbocycles. The fourth-order valence-electron chi connectivity index (χ4n) is 14.7. The van der Waals surface area contributed by atoms with Crippen molar-refractivity contribution < 1.29 is 0 Å². The Morgan fingerprint density at radius 2 is 0.374 bits per heavy atom. The van der Waals surface area contributed by atoms with E-state index in [0.29, 0.717) is 0 Å². The van der Waals surface area contributed by atoms with Crippen LogP contribution in [0.1, 0.15) is 33.4 Å². The van der Waals surface area contributed by atoms with Crippen LogP contribution in [0.5, 0.6) is 0 Å². The molecule has 18 aromatic carbocycles. The van der Waals surface area contributed by atoms with Crippen LogP contribution in [0.15, 0.2) is 309 Å². The van der Waals surface area contributed by atoms with Crippen LogP contribution >= 0.6 is 0 Å². The van der Waals surface area contributed by atoms with Gasteiger partial charge in [-0.25, -0.2) is 0 Å². The second-order valence-electron chi connectivity index (χ2n) is 24.3. The first kappa shape index (κ1) is 52.2. The smallest absolute Gasteiger partial charge is 0.0541 e. The minimum Gasteiger partial charge on any atom is -0.309 e. The van der Waals surface area contributed by atoms with Crippen LogP contribution in [0.3, 0.4) is 0 Å². The highest BCUT2D eigenvalue weighted by atomic mass is 15.1. The van der Waals surface area contributed by atoms with E-state index in [4.69, 9.17) is 0 Å². The fraction of sp³-hybridized carbons (Fsp3) is 0. The monoisotopic (exact) mass is 1150 g/mol. The number of nitrogens with zero attached hydrogens (tertiary/aromatic N) is 1. The van der Waals surface area contributed by atoms with E-state index in [1.807, 2.05) is 0 Å². The van der Waals surface area contributed by atoms with Crippen LogP contribution in [0.25, 0.3) is 167 Å². The van der Waals surface area contributed by atoms with Gasteiger partial charge in [0.1, 0.15) is 0 Å². The molecule has 0 saturated heterocycles. The van der Waals surface area contributed by atoms with Gasteiger partial charge in [0.2, 0.25) is 0 Å². The normalized spacial score (nSPS) is 12.3. The maximum absolute atomic E-state index is 2.61. The van der Waals surface area contributed by atoms with E-state index >= 15 is 0 Å². The van der Waals surface area contributed by atoms with Gasteiger partial charge in [-0.05, 0) is 166 Å². The number of benzene rings is 18. The van der Waals surface area contributed by atoms with Gasteiger partial charge < -0.3 is 4.90 Å². The van der Waals surface area contributed by atoms with Gasteiger partial charge in [-0.3, -0.25) is 0 Å². The van der Waals surface area contributed by atoms with Gasteiger partial charge in [0.15, 0.2) is 0 Å². The topological polar surface area (TPSA) is 3.24 Å². The minimum absolute atomic E-state index is 1.14. The molecule has 0 saturated carbocycles. The summed E-state index contributed by atoms with van der Waals surface area (Å²) in [6.45, 7) is 0. The van der Waals surface area contributed by atoms with Crippen molar-refractivity contribution >= 4 is 150 Å². The molecule has 0 aliphatic heterocycles. The van der Waals surface area contributed by atoms with Gasteiger partial charge in [0.25, 0.3) is 0 Å². The second-order valence-corrected chi connectivity index (χ2v) is 24.3. The van der Waals surface area contributed by atoms with Crippen molar-refractivity contribution in [2.75, 3.05) is 4.90 Å². The number of hydrogen-bond donors (Lipinski definition) is 0. The van der Waals surface area contributed by atoms with E-state index < -0.39 is 0 Å². The highest BCUT2D eigenvalue weighted by Crippen LogP contribution is 2.52. The molecule has 0 bridgehead atoms. The summed E-state index contributed by atoms with van der Waals surface area (Å²) in [5, 5.41) is 22.4. The Labute approximate surface area is 528 Å². The van der Waals surface area contributed by atoms with Gasteiger partial charge in [-0.15, -0.1) is 0 Å². The molecule has 0 heterocycles. The average Bonchev–Trinajstić information content (AvgIpc) is 0.861. The molecule has 1 heteroatoms. The molecule has 0 atom stereocenters. The SMILES string of the molecule is C(=Cc1ccc(-c2ccc3ccc4c(N(c5ccc6ccc7c(-c8ccc(C=Cc9ccccc9)cc8)ccc8ccc5c6c87)c5ccc6ccc7c(-c8ccc(C=Cc9ccccc9)cc8)ccc8ccc5c6c87)ccc5ccc2c3c54)cc1)c1ccccc1. The molecule has 0 fully saturated rings. The van der Waals surface area contributed by atoms with Crippen LogP contribution < -0.4 is 4.90 Å². The van der Waals surface area contributed by atoms with Crippen molar-refractivity contribution in [1.82, 2.24) is 0 Å². The number of rotatable bonds is 12. The molecule has 0 aromatic heterocycles. The summed E-state index contributed by atoms with van der Waals surface area (Å²) < 4.78 is 0. The van der Waals surface area contributed by atoms with Crippen molar-refractivity contribution in [2.45, 2.75) is 0 Å². The predicted molar refractivity (Wildman–Crippen MR) is 395 cm³/mol. The van der Waals surface area contributed by atoms with Crippen LogP contribution in [-0.2, 0) is 0 Å². The first-order valence-electron chi connectivity index (χ1n) is 31.5. The van der Waals surface area contributed by atoms with Crippen LogP contribution in [-0.4, -0.2) is 0 Å². The third-order valence-corrected chi connectivity index (χ3v) is 19.1. The third-order valence-electron chi connectivity index (χ3n) is 19.1. The summed E-state index contributed by atoms with van der Waals surface area (Å²) >= 11 is 0. The van der Waals surface area contributed by atoms with Crippen LogP contribution in [0.4, 0.5) is 17.1 Å². The van der Waals surface area contributed by atoms with E-state index in [0.717, 1.165) is 17.1 Å². The van der Waals surface area contributed by atoms with E-state index in [1.165, 1.54) is 164 Å². The molecule has 0 aliphatic rings. The zero-order chi connectivity index (χ0) is 59.9. The quantitative estimate of drug-likeness (QED) is 0.0870. The van der Waals surface area contributed by atoms with Gasteiger partial charge in [-0.2, -0.15) is 0 Å². The van der Waals surface area contributed by atoms with Gasteiger partial charge in [0.05, 0.1) is 17.1 Å². The molecule has 0 unspecified atom stereocenters. The molecule has 0 amide bonds. The van der Waals surface area contributed by atoms with E-state index in [-0.39, 0.29) is 0 Å². The summed E-state index contributed by atoms with van der Waals surface area (Å²) in [7, 11) is 0. The molecule has 1 nitrogen and oxygen atoms in total. The Balaban J connectivity index is 0.826. The molecular weight excluding hydrogens is 1090 g/mol. The van der Waals surface area contributed by atoms with Gasteiger partial charge in [0, 0.05) is 16.2 Å². The summed E-state index contributed by atoms with van der Waals surface area (Å²) in [5.41, 5.74) is 17.8. The van der Waals surface area contributed by atoms with Crippen molar-refractivity contribution in [2.24, 2.45) is 0 Å². The number of hydrogen-bond acceptors (Lipinski definition) is 1. The lowest BCUT2D eigenvalue weighted by molar-refractivity contribution is 1.34. The van der Waals surface area contributed by atoms with E-state index in [1.54, 1.807) is 0 Å². The second kappa shape index (κ2) is 21.5. The minimum atomic E-state index is 1.14. The van der Waals surface area contributed by atoms with Crippen molar-refractivity contribution in [3.8, 4) is 33.4 Å². The Hall–Kier alpha value is -11.9. The van der Waals surface area contributed by atoms with Crippen LogP contribution in [0, 0.1) is 0 Å². The highest BCUT2D eigenvalue weighted by molar-refractivity contribution is 6.33. The zero-order valence-electron chi connectivity index (χ0n) is 49.9. The van der Waals surface area contributed by atoms with Crippen molar-refractivity contribution in [1.29, 1.82) is 0 Å². The Morgan fingerprint density at radius 3 is 0.637 bits per heavy atom. The Kier molecular flexibility index (Phi) is 12.3. The molecule has 91 heavy (non-hydrogen) atoms. The summed E-state index contributed by atoms with van der Waals surface area (Å²) in [6.07, 6.45) is 13.1. The average molecular weight is 1150 g/mol. The maximum atomic E-state index is 2.61. The van der Waals surface area contributed by atoms with E-state index in [9.17, 15) is 0 Å². The van der Waals surface area contributed by atoms with Gasteiger partial charge in [-0.1, -0.05) is 328 Å². The lowest BCUT2D eigenvalue weighted by Crippen LogP contribution is -2.12. The maximum Gasteiger partial charge on any atom is 0.0541 e. The molecule has 18 aromatic rings. The largest absolute Gasteiger partial charge is 0.309 e. The predicted octanol–water partition coefficient (Wildman–Crippen LogP) is 25.4. The highest BCUT2D eigenvalue weighted by Gasteiger charge is 2.26. The van der Waals surface area contributed by atoms with E-state index in [2.05, 4.69) is 351 Å². The summed E-state index contributed by atoms with van der Waals surface area (Å²) in [4.78, 5) is 2.61. The van der Waals surface area contributed by atoms with Gasteiger partial charge >= 0.3 is 0 Å². The molecule has 18 rings (SSSR count). The first-order chi connectivity index (χ1) is 45.1. The lowest BCUT2D eigenvalue weighted by Gasteiger charge is -2.31. The lowest BCUT2D eigenvalue weighted by atomic mass is 9.87. The first-order valence-corrected chi connectivity index (χ1v) is 31.5. The number of anilines is 3. The van der Waals surface area contributed by atoms with Crippen LogP contribution in [0.2, 0.25) is 0 Å². The molecule has 0 spiro atoms. The molecule has 0 radical (unpaired) electrons. The van der Waals surface area contributed by atoms with Crippen molar-refractivity contribution in [3.63, 3.8) is 0 Å². The zero-order valence-corrected chi connectivity index (χ0v) is 49.9. The Morgan fingerprint density at radius 1 is 0.165 bits per heavy atom. The molecule has 422 valence electrons. The fourth-order valence-corrected chi connectivity index (χ4v) is 14.7. The third kappa shape index (κ3) is 8.93. The summed E-state index contributed by atoms with van der Waals surface area (Å²) in [6, 6.07) is 115.